The first-order valence-electron chi connectivity index (χ1n) is 7.23. The molecule has 1 aliphatic rings. The van der Waals surface area contributed by atoms with Gasteiger partial charge in [0.15, 0.2) is 0 Å². The SMILES string of the molecule is CCNC[C@]1(CC)CN(c2ccc3sncc3c2)C(=O)O1. The van der Waals surface area contributed by atoms with Gasteiger partial charge in [0.2, 0.25) is 0 Å². The van der Waals surface area contributed by atoms with Crippen LogP contribution in [0.4, 0.5) is 10.5 Å². The Morgan fingerprint density at radius 3 is 3.10 bits per heavy atom. The summed E-state index contributed by atoms with van der Waals surface area (Å²) in [5.41, 5.74) is 0.439. The lowest BCUT2D eigenvalue weighted by molar-refractivity contribution is 0.0539. The van der Waals surface area contributed by atoms with Crippen LogP contribution in [-0.2, 0) is 4.74 Å². The van der Waals surface area contributed by atoms with Gasteiger partial charge in [-0.1, -0.05) is 13.8 Å². The predicted molar refractivity (Wildman–Crippen MR) is 85.0 cm³/mol. The number of carbonyl (C=O) groups is 1. The first-order valence-corrected chi connectivity index (χ1v) is 8.00. The van der Waals surface area contributed by atoms with Gasteiger partial charge in [0, 0.05) is 23.8 Å². The molecule has 1 amide bonds. The lowest BCUT2D eigenvalue weighted by Gasteiger charge is -2.25. The minimum atomic E-state index is -0.436. The Balaban J connectivity index is 1.86. The summed E-state index contributed by atoms with van der Waals surface area (Å²) in [6.07, 6.45) is 2.36. The molecule has 0 unspecified atom stereocenters. The van der Waals surface area contributed by atoms with E-state index >= 15 is 0 Å². The van der Waals surface area contributed by atoms with Crippen molar-refractivity contribution in [3.8, 4) is 0 Å². The number of carbonyl (C=O) groups excluding carboxylic acids is 1. The number of anilines is 1. The molecule has 1 aromatic carbocycles. The maximum Gasteiger partial charge on any atom is 0.415 e. The lowest BCUT2D eigenvalue weighted by Crippen LogP contribution is -2.43. The molecule has 21 heavy (non-hydrogen) atoms. The van der Waals surface area contributed by atoms with Crippen molar-refractivity contribution >= 4 is 33.4 Å². The van der Waals surface area contributed by atoms with Crippen LogP contribution < -0.4 is 10.2 Å². The van der Waals surface area contributed by atoms with Gasteiger partial charge in [-0.05, 0) is 42.7 Å². The van der Waals surface area contributed by atoms with Crippen molar-refractivity contribution in [1.29, 1.82) is 0 Å². The Bertz CT molecular complexity index is 657. The molecule has 3 rings (SSSR count). The van der Waals surface area contributed by atoms with E-state index < -0.39 is 5.60 Å². The highest BCUT2D eigenvalue weighted by atomic mass is 32.1. The van der Waals surface area contributed by atoms with Gasteiger partial charge in [-0.2, -0.15) is 4.37 Å². The van der Waals surface area contributed by atoms with E-state index in [2.05, 4.69) is 23.5 Å². The van der Waals surface area contributed by atoms with Gasteiger partial charge in [-0.25, -0.2) is 4.79 Å². The number of amides is 1. The summed E-state index contributed by atoms with van der Waals surface area (Å²) in [6.45, 7) is 6.24. The van der Waals surface area contributed by atoms with Gasteiger partial charge in [0.05, 0.1) is 11.2 Å². The number of likely N-dealkylation sites (N-methyl/N-ethyl adjacent to an activating group) is 1. The molecule has 1 N–H and O–H groups in total. The molecule has 1 fully saturated rings. The van der Waals surface area contributed by atoms with Crippen LogP contribution in [0.3, 0.4) is 0 Å². The molecule has 0 bridgehead atoms. The van der Waals surface area contributed by atoms with E-state index in [0.717, 1.165) is 28.7 Å². The van der Waals surface area contributed by atoms with Crippen molar-refractivity contribution < 1.29 is 9.53 Å². The molecule has 1 atom stereocenters. The molecule has 1 saturated heterocycles. The van der Waals surface area contributed by atoms with Gasteiger partial charge in [0.25, 0.3) is 0 Å². The van der Waals surface area contributed by atoms with E-state index in [4.69, 9.17) is 4.74 Å². The highest BCUT2D eigenvalue weighted by Gasteiger charge is 2.44. The number of rotatable bonds is 5. The first kappa shape index (κ1) is 14.3. The van der Waals surface area contributed by atoms with E-state index in [0.29, 0.717) is 13.1 Å². The van der Waals surface area contributed by atoms with Gasteiger partial charge in [-0.3, -0.25) is 4.90 Å². The Kier molecular flexibility index (Phi) is 3.82. The molecule has 2 aromatic rings. The molecule has 1 aromatic heterocycles. The van der Waals surface area contributed by atoms with Gasteiger partial charge in [0.1, 0.15) is 5.60 Å². The second kappa shape index (κ2) is 5.61. The maximum absolute atomic E-state index is 12.2. The molecule has 112 valence electrons. The summed E-state index contributed by atoms with van der Waals surface area (Å²) in [7, 11) is 0. The van der Waals surface area contributed by atoms with Crippen LogP contribution in [0.25, 0.3) is 10.1 Å². The van der Waals surface area contributed by atoms with Crippen molar-refractivity contribution in [2.75, 3.05) is 24.5 Å². The summed E-state index contributed by atoms with van der Waals surface area (Å²) in [6, 6.07) is 5.96. The molecule has 0 radical (unpaired) electrons. The Morgan fingerprint density at radius 2 is 2.33 bits per heavy atom. The summed E-state index contributed by atoms with van der Waals surface area (Å²) in [5.74, 6) is 0. The van der Waals surface area contributed by atoms with Crippen LogP contribution in [-0.4, -0.2) is 35.7 Å². The number of nitrogens with one attached hydrogen (secondary N) is 1. The lowest BCUT2D eigenvalue weighted by atomic mass is 10.0. The molecule has 0 aliphatic carbocycles. The third-order valence-electron chi connectivity index (χ3n) is 3.96. The first-order chi connectivity index (χ1) is 10.2. The van der Waals surface area contributed by atoms with Crippen LogP contribution in [0.15, 0.2) is 24.4 Å². The smallest absolute Gasteiger partial charge is 0.415 e. The monoisotopic (exact) mass is 305 g/mol. The standard InChI is InChI=1S/C15H19N3O2S/c1-3-15(9-16-4-2)10-18(14(19)20-15)12-5-6-13-11(7-12)8-17-21-13/h5-8,16H,3-4,9-10H2,1-2H3/t15-/m1/s1. The third-order valence-corrected chi connectivity index (χ3v) is 4.74. The van der Waals surface area contributed by atoms with Crippen molar-refractivity contribution in [2.45, 2.75) is 25.9 Å². The summed E-state index contributed by atoms with van der Waals surface area (Å²) in [5, 5.41) is 4.35. The highest BCUT2D eigenvalue weighted by molar-refractivity contribution is 7.13. The molecule has 6 heteroatoms. The zero-order valence-electron chi connectivity index (χ0n) is 12.3. The number of aromatic nitrogens is 1. The Morgan fingerprint density at radius 1 is 1.48 bits per heavy atom. The quantitative estimate of drug-likeness (QED) is 0.922. The summed E-state index contributed by atoms with van der Waals surface area (Å²) < 4.78 is 11.0. The van der Waals surface area contributed by atoms with Crippen molar-refractivity contribution in [3.63, 3.8) is 0 Å². The number of benzene rings is 1. The molecule has 0 spiro atoms. The topological polar surface area (TPSA) is 54.5 Å². The van der Waals surface area contributed by atoms with Crippen LogP contribution in [0.5, 0.6) is 0 Å². The average Bonchev–Trinajstić information content (AvgIpc) is 3.09. The molecular weight excluding hydrogens is 286 g/mol. The summed E-state index contributed by atoms with van der Waals surface area (Å²) >= 11 is 1.46. The minimum absolute atomic E-state index is 0.266. The zero-order valence-corrected chi connectivity index (χ0v) is 13.1. The Labute approximate surface area is 128 Å². The van der Waals surface area contributed by atoms with E-state index in [1.54, 1.807) is 4.90 Å². The average molecular weight is 305 g/mol. The van der Waals surface area contributed by atoms with Crippen LogP contribution in [0.2, 0.25) is 0 Å². The van der Waals surface area contributed by atoms with E-state index in [1.807, 2.05) is 24.4 Å². The fourth-order valence-electron chi connectivity index (χ4n) is 2.60. The number of ether oxygens (including phenoxy) is 1. The molecule has 5 nitrogen and oxygen atoms in total. The number of hydrogen-bond acceptors (Lipinski definition) is 5. The number of fused-ring (bicyclic) bond motifs is 1. The number of cyclic esters (lactones) is 1. The largest absolute Gasteiger partial charge is 0.439 e. The van der Waals surface area contributed by atoms with Crippen LogP contribution >= 0.6 is 11.5 Å². The zero-order chi connectivity index (χ0) is 14.9. The second-order valence-corrected chi connectivity index (χ2v) is 6.15. The van der Waals surface area contributed by atoms with E-state index in [1.165, 1.54) is 11.5 Å². The van der Waals surface area contributed by atoms with Crippen LogP contribution in [0, 0.1) is 0 Å². The number of nitrogens with zero attached hydrogens (tertiary/aromatic N) is 2. The fourth-order valence-corrected chi connectivity index (χ4v) is 3.23. The molecule has 2 heterocycles. The second-order valence-electron chi connectivity index (χ2n) is 5.32. The predicted octanol–water partition coefficient (Wildman–Crippen LogP) is 3.01. The Hall–Kier alpha value is -1.66. The molecule has 0 saturated carbocycles. The number of hydrogen-bond donors (Lipinski definition) is 1. The maximum atomic E-state index is 12.2. The normalized spacial score (nSPS) is 22.0. The fraction of sp³-hybridized carbons (Fsp3) is 0.467. The van der Waals surface area contributed by atoms with Gasteiger partial charge >= 0.3 is 6.09 Å². The highest BCUT2D eigenvalue weighted by Crippen LogP contribution is 2.32. The van der Waals surface area contributed by atoms with Crippen molar-refractivity contribution in [1.82, 2.24) is 9.69 Å². The van der Waals surface area contributed by atoms with Crippen molar-refractivity contribution in [3.05, 3.63) is 24.4 Å². The molecule has 1 aliphatic heterocycles. The van der Waals surface area contributed by atoms with Gasteiger partial charge in [-0.15, -0.1) is 0 Å². The third kappa shape index (κ3) is 2.61. The van der Waals surface area contributed by atoms with Crippen molar-refractivity contribution in [2.24, 2.45) is 0 Å². The minimum Gasteiger partial charge on any atom is -0.439 e. The summed E-state index contributed by atoms with van der Waals surface area (Å²) in [4.78, 5) is 14.0. The van der Waals surface area contributed by atoms with E-state index in [-0.39, 0.29) is 6.09 Å². The van der Waals surface area contributed by atoms with Gasteiger partial charge < -0.3 is 10.1 Å². The van der Waals surface area contributed by atoms with E-state index in [9.17, 15) is 4.79 Å². The molecular formula is C15H19N3O2S. The van der Waals surface area contributed by atoms with Crippen LogP contribution in [0.1, 0.15) is 20.3 Å².